The van der Waals surface area contributed by atoms with Crippen LogP contribution < -0.4 is 5.32 Å². The molecule has 21 heavy (non-hydrogen) atoms. The van der Waals surface area contributed by atoms with Gasteiger partial charge in [-0.15, -0.1) is 0 Å². The quantitative estimate of drug-likeness (QED) is 0.750. The lowest BCUT2D eigenvalue weighted by atomic mass is 10.1. The summed E-state index contributed by atoms with van der Waals surface area (Å²) in [5.41, 5.74) is 0.751. The van der Waals surface area contributed by atoms with E-state index in [1.807, 2.05) is 13.8 Å². The minimum Gasteiger partial charge on any atom is -0.313 e. The lowest BCUT2D eigenvalue weighted by Gasteiger charge is -2.18. The van der Waals surface area contributed by atoms with Gasteiger partial charge in [0.05, 0.1) is 4.90 Å². The average Bonchev–Trinajstić information content (AvgIpc) is 2.43. The van der Waals surface area contributed by atoms with Gasteiger partial charge in [0.2, 0.25) is 10.0 Å². The maximum Gasteiger partial charge on any atom is 0.242 e. The highest BCUT2D eigenvalue weighted by Gasteiger charge is 2.22. The zero-order valence-electron chi connectivity index (χ0n) is 13.2. The molecule has 1 aromatic carbocycles. The van der Waals surface area contributed by atoms with Crippen molar-refractivity contribution in [1.29, 1.82) is 0 Å². The molecule has 0 aliphatic heterocycles. The topological polar surface area (TPSA) is 49.4 Å². The van der Waals surface area contributed by atoms with Gasteiger partial charge in [-0.05, 0) is 44.0 Å². The number of hydrogen-bond acceptors (Lipinski definition) is 3. The Hall–Kier alpha value is -0.980. The maximum absolute atomic E-state index is 14.1. The van der Waals surface area contributed by atoms with Crippen LogP contribution in [0.3, 0.4) is 0 Å². The van der Waals surface area contributed by atoms with Crippen LogP contribution in [0.4, 0.5) is 4.39 Å². The number of halogens is 1. The molecule has 1 N–H and O–H groups in total. The lowest BCUT2D eigenvalue weighted by molar-refractivity contribution is 0.468. The number of aryl methyl sites for hydroxylation is 1. The number of sulfonamides is 1. The number of benzene rings is 1. The molecular formula is C15H25FN2O2S. The van der Waals surface area contributed by atoms with Crippen LogP contribution in [0.15, 0.2) is 17.0 Å². The summed E-state index contributed by atoms with van der Waals surface area (Å²) in [4.78, 5) is 0.158. The van der Waals surface area contributed by atoms with Crippen molar-refractivity contribution in [2.75, 3.05) is 20.1 Å². The van der Waals surface area contributed by atoms with Crippen LogP contribution >= 0.6 is 0 Å². The van der Waals surface area contributed by atoms with Crippen LogP contribution in [0.5, 0.6) is 0 Å². The minimum atomic E-state index is -3.55. The van der Waals surface area contributed by atoms with Crippen molar-refractivity contribution in [3.05, 3.63) is 29.1 Å². The van der Waals surface area contributed by atoms with Crippen LogP contribution in [0, 0.1) is 12.7 Å². The molecule has 0 aromatic heterocycles. The van der Waals surface area contributed by atoms with Gasteiger partial charge >= 0.3 is 0 Å². The predicted molar refractivity (Wildman–Crippen MR) is 83.2 cm³/mol. The van der Waals surface area contributed by atoms with Crippen molar-refractivity contribution in [3.63, 3.8) is 0 Å². The van der Waals surface area contributed by atoms with Crippen molar-refractivity contribution in [2.45, 2.75) is 45.1 Å². The zero-order chi connectivity index (χ0) is 16.0. The summed E-state index contributed by atoms with van der Waals surface area (Å²) in [7, 11) is -2.01. The first-order chi connectivity index (χ1) is 9.84. The maximum atomic E-state index is 14.1. The zero-order valence-corrected chi connectivity index (χ0v) is 14.1. The van der Waals surface area contributed by atoms with Gasteiger partial charge in [0, 0.05) is 25.7 Å². The molecule has 0 aliphatic carbocycles. The first-order valence-electron chi connectivity index (χ1n) is 7.30. The van der Waals surface area contributed by atoms with Gasteiger partial charge in [-0.1, -0.05) is 13.8 Å². The first kappa shape index (κ1) is 18.1. The molecule has 1 aromatic rings. The van der Waals surface area contributed by atoms with Crippen molar-refractivity contribution >= 4 is 10.0 Å². The SMILES string of the molecule is CCCNCc1cc(S(=O)(=O)N(C)CCC)cc(C)c1F. The Bertz CT molecular complexity index is 573. The highest BCUT2D eigenvalue weighted by molar-refractivity contribution is 7.89. The Morgan fingerprint density at radius 1 is 1.24 bits per heavy atom. The van der Waals surface area contributed by atoms with Gasteiger partial charge < -0.3 is 5.32 Å². The molecule has 0 radical (unpaired) electrons. The van der Waals surface area contributed by atoms with Crippen molar-refractivity contribution in [2.24, 2.45) is 0 Å². The Labute approximate surface area is 127 Å². The number of nitrogens with zero attached hydrogens (tertiary/aromatic N) is 1. The normalized spacial score (nSPS) is 12.1. The third-order valence-electron chi connectivity index (χ3n) is 3.29. The molecule has 0 amide bonds. The summed E-state index contributed by atoms with van der Waals surface area (Å²) >= 11 is 0. The molecule has 0 spiro atoms. The Kier molecular flexibility index (Phi) is 6.77. The van der Waals surface area contributed by atoms with E-state index in [-0.39, 0.29) is 10.7 Å². The molecule has 0 aliphatic rings. The van der Waals surface area contributed by atoms with E-state index in [0.717, 1.165) is 19.4 Å². The van der Waals surface area contributed by atoms with Gasteiger partial charge in [-0.2, -0.15) is 0 Å². The fourth-order valence-corrected chi connectivity index (χ4v) is 3.50. The Balaban J connectivity index is 3.14. The van der Waals surface area contributed by atoms with Crippen LogP contribution in [0.25, 0.3) is 0 Å². The van der Waals surface area contributed by atoms with E-state index in [9.17, 15) is 12.8 Å². The minimum absolute atomic E-state index is 0.158. The third kappa shape index (κ3) is 4.49. The molecule has 0 bridgehead atoms. The van der Waals surface area contributed by atoms with Gasteiger partial charge in [0.15, 0.2) is 0 Å². The largest absolute Gasteiger partial charge is 0.313 e. The average molecular weight is 316 g/mol. The van der Waals surface area contributed by atoms with E-state index in [2.05, 4.69) is 5.32 Å². The first-order valence-corrected chi connectivity index (χ1v) is 8.74. The van der Waals surface area contributed by atoms with Gasteiger partial charge in [-0.25, -0.2) is 17.1 Å². The molecule has 1 rings (SSSR count). The second kappa shape index (κ2) is 7.87. The van der Waals surface area contributed by atoms with Crippen molar-refractivity contribution in [3.8, 4) is 0 Å². The summed E-state index contributed by atoms with van der Waals surface area (Å²) < 4.78 is 40.3. The summed E-state index contributed by atoms with van der Waals surface area (Å²) in [5, 5.41) is 3.10. The molecule has 0 heterocycles. The fourth-order valence-electron chi connectivity index (χ4n) is 2.10. The number of hydrogen-bond donors (Lipinski definition) is 1. The number of nitrogens with one attached hydrogen (secondary N) is 1. The van der Waals surface area contributed by atoms with E-state index >= 15 is 0 Å². The predicted octanol–water partition coefficient (Wildman–Crippen LogP) is 2.66. The fraction of sp³-hybridized carbons (Fsp3) is 0.600. The van der Waals surface area contributed by atoms with Crippen LogP contribution in [-0.2, 0) is 16.6 Å². The third-order valence-corrected chi connectivity index (χ3v) is 5.13. The second-order valence-corrected chi connectivity index (χ2v) is 7.26. The highest BCUT2D eigenvalue weighted by atomic mass is 32.2. The standard InChI is InChI=1S/C15H25FN2O2S/c1-5-7-17-11-13-10-14(9-12(3)15(13)16)21(19,20)18(4)8-6-2/h9-10,17H,5-8,11H2,1-4H3. The molecule has 4 nitrogen and oxygen atoms in total. The summed E-state index contributed by atoms with van der Waals surface area (Å²) in [6.07, 6.45) is 1.68. The number of rotatable bonds is 8. The van der Waals surface area contributed by atoms with Crippen molar-refractivity contribution in [1.82, 2.24) is 9.62 Å². The van der Waals surface area contributed by atoms with Gasteiger partial charge in [0.25, 0.3) is 0 Å². The molecule has 0 saturated carbocycles. The van der Waals surface area contributed by atoms with Crippen LogP contribution in [-0.4, -0.2) is 32.9 Å². The molecular weight excluding hydrogens is 291 g/mol. The highest BCUT2D eigenvalue weighted by Crippen LogP contribution is 2.22. The Morgan fingerprint density at radius 3 is 2.48 bits per heavy atom. The summed E-state index contributed by atoms with van der Waals surface area (Å²) in [6.45, 7) is 7.09. The van der Waals surface area contributed by atoms with Crippen LogP contribution in [0.2, 0.25) is 0 Å². The van der Waals surface area contributed by atoms with Gasteiger partial charge in [0.1, 0.15) is 5.82 Å². The van der Waals surface area contributed by atoms with Crippen molar-refractivity contribution < 1.29 is 12.8 Å². The molecule has 0 fully saturated rings. The van der Waals surface area contributed by atoms with Gasteiger partial charge in [-0.3, -0.25) is 0 Å². The monoisotopic (exact) mass is 316 g/mol. The Morgan fingerprint density at radius 2 is 1.90 bits per heavy atom. The van der Waals surface area contributed by atoms with E-state index in [4.69, 9.17) is 0 Å². The van der Waals surface area contributed by atoms with E-state index in [1.165, 1.54) is 16.4 Å². The molecule has 6 heteroatoms. The van der Waals surface area contributed by atoms with E-state index in [0.29, 0.717) is 24.2 Å². The van der Waals surface area contributed by atoms with Crippen LogP contribution in [0.1, 0.15) is 37.8 Å². The van der Waals surface area contributed by atoms with E-state index < -0.39 is 10.0 Å². The molecule has 0 unspecified atom stereocenters. The van der Waals surface area contributed by atoms with E-state index in [1.54, 1.807) is 14.0 Å². The molecule has 0 atom stereocenters. The lowest BCUT2D eigenvalue weighted by Crippen LogP contribution is -2.28. The molecule has 120 valence electrons. The summed E-state index contributed by atoms with van der Waals surface area (Å²) in [6, 6.07) is 2.84. The smallest absolute Gasteiger partial charge is 0.242 e. The second-order valence-electron chi connectivity index (χ2n) is 5.22. The summed E-state index contributed by atoms with van der Waals surface area (Å²) in [5.74, 6) is -0.337. The molecule has 0 saturated heterocycles.